The van der Waals surface area contributed by atoms with Crippen LogP contribution >= 0.6 is 0 Å². The third-order valence-corrected chi connectivity index (χ3v) is 1.86. The van der Waals surface area contributed by atoms with E-state index in [1.54, 1.807) is 0 Å². The number of aliphatic hydroxyl groups excluding tert-OH is 1. The molecule has 3 nitrogen and oxygen atoms in total. The number of hydrogen-bond acceptors (Lipinski definition) is 3. The zero-order chi connectivity index (χ0) is 10.6. The molecule has 0 heterocycles. The summed E-state index contributed by atoms with van der Waals surface area (Å²) >= 11 is 0. The average Bonchev–Trinajstić information content (AvgIpc) is 2.16. The van der Waals surface area contributed by atoms with Crippen molar-refractivity contribution in [3.63, 3.8) is 0 Å². The molecule has 0 fully saturated rings. The van der Waals surface area contributed by atoms with Gasteiger partial charge in [-0.25, -0.2) is 0 Å². The smallest absolute Gasteiger partial charge is 0.125 e. The Morgan fingerprint density at radius 1 is 1.36 bits per heavy atom. The highest BCUT2D eigenvalue weighted by atomic mass is 16.5. The maximum atomic E-state index is 9.62. The summed E-state index contributed by atoms with van der Waals surface area (Å²) in [6.45, 7) is 4.11. The molecular formula is C11H17NO2. The number of rotatable bonds is 4. The predicted molar refractivity (Wildman–Crippen MR) is 56.2 cm³/mol. The van der Waals surface area contributed by atoms with Crippen LogP contribution in [-0.2, 0) is 0 Å². The van der Waals surface area contributed by atoms with E-state index >= 15 is 0 Å². The first-order chi connectivity index (χ1) is 6.65. The lowest BCUT2D eigenvalue weighted by Crippen LogP contribution is -2.14. The summed E-state index contributed by atoms with van der Waals surface area (Å²) in [5.74, 6) is 0.709. The molecule has 1 aromatic carbocycles. The number of hydrogen-bond donors (Lipinski definition) is 2. The Hall–Kier alpha value is -1.06. The highest BCUT2D eigenvalue weighted by molar-refractivity contribution is 5.35. The first-order valence-corrected chi connectivity index (χ1v) is 4.79. The van der Waals surface area contributed by atoms with E-state index in [-0.39, 0.29) is 12.6 Å². The van der Waals surface area contributed by atoms with Crippen molar-refractivity contribution in [1.82, 2.24) is 0 Å². The summed E-state index contributed by atoms with van der Waals surface area (Å²) in [6, 6.07) is 7.41. The van der Waals surface area contributed by atoms with Crippen molar-refractivity contribution in [2.45, 2.75) is 26.1 Å². The quantitative estimate of drug-likeness (QED) is 0.764. The molecule has 0 spiro atoms. The van der Waals surface area contributed by atoms with Crippen LogP contribution in [0, 0.1) is 0 Å². The molecule has 0 aliphatic rings. The average molecular weight is 195 g/mol. The van der Waals surface area contributed by atoms with E-state index in [4.69, 9.17) is 10.5 Å². The SMILES string of the molecule is CC(C)Oc1ccccc1[C@H](O)CN. The number of para-hydroxylation sites is 1. The molecule has 0 amide bonds. The standard InChI is InChI=1S/C11H17NO2/c1-8(2)14-11-6-4-3-5-9(11)10(13)7-12/h3-6,8,10,13H,7,12H2,1-2H3/t10-/m1/s1. The van der Waals surface area contributed by atoms with Gasteiger partial charge < -0.3 is 15.6 Å². The van der Waals surface area contributed by atoms with E-state index in [2.05, 4.69) is 0 Å². The number of ether oxygens (including phenoxy) is 1. The Morgan fingerprint density at radius 2 is 2.00 bits per heavy atom. The van der Waals surface area contributed by atoms with Crippen molar-refractivity contribution in [1.29, 1.82) is 0 Å². The van der Waals surface area contributed by atoms with Crippen LogP contribution in [-0.4, -0.2) is 17.8 Å². The second-order valence-corrected chi connectivity index (χ2v) is 3.46. The molecule has 0 aliphatic carbocycles. The second kappa shape index (κ2) is 4.98. The maximum Gasteiger partial charge on any atom is 0.125 e. The van der Waals surface area contributed by atoms with Crippen LogP contribution < -0.4 is 10.5 Å². The molecule has 3 heteroatoms. The van der Waals surface area contributed by atoms with E-state index in [0.717, 1.165) is 5.56 Å². The largest absolute Gasteiger partial charge is 0.491 e. The van der Waals surface area contributed by atoms with Gasteiger partial charge in [-0.05, 0) is 19.9 Å². The van der Waals surface area contributed by atoms with Crippen molar-refractivity contribution in [3.8, 4) is 5.75 Å². The van der Waals surface area contributed by atoms with Gasteiger partial charge in [0.1, 0.15) is 5.75 Å². The topological polar surface area (TPSA) is 55.5 Å². The zero-order valence-corrected chi connectivity index (χ0v) is 8.60. The van der Waals surface area contributed by atoms with E-state index in [1.165, 1.54) is 0 Å². The van der Waals surface area contributed by atoms with Gasteiger partial charge in [-0.1, -0.05) is 18.2 Å². The molecule has 78 valence electrons. The molecule has 0 aliphatic heterocycles. The van der Waals surface area contributed by atoms with Crippen LogP contribution in [0.25, 0.3) is 0 Å². The molecule has 1 aromatic rings. The summed E-state index contributed by atoms with van der Waals surface area (Å²) in [5.41, 5.74) is 6.15. The van der Waals surface area contributed by atoms with E-state index < -0.39 is 6.10 Å². The molecule has 0 bridgehead atoms. The molecular weight excluding hydrogens is 178 g/mol. The monoisotopic (exact) mass is 195 g/mol. The minimum absolute atomic E-state index is 0.0983. The third kappa shape index (κ3) is 2.72. The predicted octanol–water partition coefficient (Wildman–Crippen LogP) is 1.47. The molecule has 0 radical (unpaired) electrons. The lowest BCUT2D eigenvalue weighted by Gasteiger charge is -2.16. The molecule has 0 saturated heterocycles. The Balaban J connectivity index is 2.91. The van der Waals surface area contributed by atoms with Crippen LogP contribution in [0.1, 0.15) is 25.5 Å². The van der Waals surface area contributed by atoms with Gasteiger partial charge in [0.05, 0.1) is 12.2 Å². The molecule has 0 unspecified atom stereocenters. The van der Waals surface area contributed by atoms with Crippen molar-refractivity contribution in [2.24, 2.45) is 5.73 Å². The first-order valence-electron chi connectivity index (χ1n) is 4.79. The zero-order valence-electron chi connectivity index (χ0n) is 8.60. The third-order valence-electron chi connectivity index (χ3n) is 1.86. The molecule has 1 atom stereocenters. The minimum Gasteiger partial charge on any atom is -0.491 e. The van der Waals surface area contributed by atoms with E-state index in [1.807, 2.05) is 38.1 Å². The van der Waals surface area contributed by atoms with Gasteiger partial charge in [0.2, 0.25) is 0 Å². The molecule has 14 heavy (non-hydrogen) atoms. The highest BCUT2D eigenvalue weighted by Gasteiger charge is 2.11. The van der Waals surface area contributed by atoms with Gasteiger partial charge in [0.25, 0.3) is 0 Å². The normalized spacial score (nSPS) is 12.9. The van der Waals surface area contributed by atoms with E-state index in [9.17, 15) is 5.11 Å². The lowest BCUT2D eigenvalue weighted by molar-refractivity contribution is 0.173. The second-order valence-electron chi connectivity index (χ2n) is 3.46. The highest BCUT2D eigenvalue weighted by Crippen LogP contribution is 2.25. The summed E-state index contributed by atoms with van der Waals surface area (Å²) in [4.78, 5) is 0. The lowest BCUT2D eigenvalue weighted by atomic mass is 10.1. The Labute approximate surface area is 84.5 Å². The van der Waals surface area contributed by atoms with Crippen LogP contribution in [0.2, 0.25) is 0 Å². The Morgan fingerprint density at radius 3 is 2.57 bits per heavy atom. The maximum absolute atomic E-state index is 9.62. The Kier molecular flexibility index (Phi) is 3.92. The number of nitrogens with two attached hydrogens (primary N) is 1. The van der Waals surface area contributed by atoms with E-state index in [0.29, 0.717) is 5.75 Å². The van der Waals surface area contributed by atoms with Gasteiger partial charge >= 0.3 is 0 Å². The fourth-order valence-corrected chi connectivity index (χ4v) is 1.24. The van der Waals surface area contributed by atoms with Gasteiger partial charge in [0.15, 0.2) is 0 Å². The first kappa shape index (κ1) is 11.0. The van der Waals surface area contributed by atoms with Crippen molar-refractivity contribution in [2.75, 3.05) is 6.54 Å². The van der Waals surface area contributed by atoms with Crippen LogP contribution in [0.5, 0.6) is 5.75 Å². The van der Waals surface area contributed by atoms with Crippen LogP contribution in [0.4, 0.5) is 0 Å². The molecule has 1 rings (SSSR count). The van der Waals surface area contributed by atoms with Gasteiger partial charge in [-0.2, -0.15) is 0 Å². The fourth-order valence-electron chi connectivity index (χ4n) is 1.24. The molecule has 3 N–H and O–H groups in total. The summed E-state index contributed by atoms with van der Waals surface area (Å²) in [7, 11) is 0. The van der Waals surface area contributed by atoms with Gasteiger partial charge in [-0.15, -0.1) is 0 Å². The number of benzene rings is 1. The Bertz CT molecular complexity index is 286. The minimum atomic E-state index is -0.648. The number of aliphatic hydroxyl groups is 1. The van der Waals surface area contributed by atoms with Gasteiger partial charge in [-0.3, -0.25) is 0 Å². The summed E-state index contributed by atoms with van der Waals surface area (Å²) < 4.78 is 5.55. The molecule has 0 saturated carbocycles. The van der Waals surface area contributed by atoms with Gasteiger partial charge in [0, 0.05) is 12.1 Å². The summed E-state index contributed by atoms with van der Waals surface area (Å²) in [6.07, 6.45) is -0.550. The van der Waals surface area contributed by atoms with Crippen molar-refractivity contribution in [3.05, 3.63) is 29.8 Å². The summed E-state index contributed by atoms with van der Waals surface area (Å²) in [5, 5.41) is 9.62. The van der Waals surface area contributed by atoms with Crippen molar-refractivity contribution < 1.29 is 9.84 Å². The van der Waals surface area contributed by atoms with Crippen LogP contribution in [0.3, 0.4) is 0 Å². The van der Waals surface area contributed by atoms with Crippen molar-refractivity contribution >= 4 is 0 Å². The fraction of sp³-hybridized carbons (Fsp3) is 0.455. The van der Waals surface area contributed by atoms with Crippen LogP contribution in [0.15, 0.2) is 24.3 Å². The molecule has 0 aromatic heterocycles.